The maximum absolute atomic E-state index is 12.5. The van der Waals surface area contributed by atoms with Crippen LogP contribution in [-0.2, 0) is 4.74 Å². The lowest BCUT2D eigenvalue weighted by atomic mass is 9.99. The minimum Gasteiger partial charge on any atom is -0.493 e. The maximum Gasteiger partial charge on any atom is 0.286 e. The minimum atomic E-state index is -0.598. The third kappa shape index (κ3) is 5.30. The van der Waals surface area contributed by atoms with Crippen LogP contribution in [0.3, 0.4) is 0 Å². The van der Waals surface area contributed by atoms with Gasteiger partial charge in [0.25, 0.3) is 11.6 Å². The van der Waals surface area contributed by atoms with Gasteiger partial charge in [0.1, 0.15) is 12.2 Å². The lowest BCUT2D eigenvalue weighted by molar-refractivity contribution is -0.385. The number of nitrogens with one attached hydrogen (secondary N) is 2. The second kappa shape index (κ2) is 9.93. The van der Waals surface area contributed by atoms with Crippen LogP contribution in [0, 0.1) is 16.0 Å². The Bertz CT molecular complexity index is 631. The molecule has 2 rings (SSSR count). The first kappa shape index (κ1) is 19.9. The molecule has 0 bridgehead atoms. The van der Waals surface area contributed by atoms with Gasteiger partial charge in [-0.1, -0.05) is 0 Å². The maximum atomic E-state index is 12.5. The number of piperidine rings is 1. The van der Waals surface area contributed by atoms with Crippen molar-refractivity contribution in [2.45, 2.75) is 12.8 Å². The van der Waals surface area contributed by atoms with E-state index in [9.17, 15) is 14.9 Å². The summed E-state index contributed by atoms with van der Waals surface area (Å²) in [5.41, 5.74) is -0.368. The van der Waals surface area contributed by atoms with Crippen molar-refractivity contribution in [1.82, 2.24) is 10.6 Å². The molecule has 1 aromatic carbocycles. The van der Waals surface area contributed by atoms with Gasteiger partial charge in [0, 0.05) is 19.7 Å². The molecule has 1 unspecified atom stereocenters. The van der Waals surface area contributed by atoms with Crippen LogP contribution in [0.4, 0.5) is 5.69 Å². The number of carbonyl (C=O) groups excluding carboxylic acids is 1. The lowest BCUT2D eigenvalue weighted by Gasteiger charge is -2.22. The molecular weight excluding hydrogens is 342 g/mol. The van der Waals surface area contributed by atoms with E-state index >= 15 is 0 Å². The molecule has 0 saturated carbocycles. The van der Waals surface area contributed by atoms with E-state index in [2.05, 4.69) is 10.6 Å². The summed E-state index contributed by atoms with van der Waals surface area (Å²) in [6.45, 7) is 2.83. The number of methoxy groups -OCH3 is 2. The second-order valence-electron chi connectivity index (χ2n) is 6.04. The number of hydrogen-bond donors (Lipinski definition) is 2. The van der Waals surface area contributed by atoms with Crippen LogP contribution < -0.4 is 20.1 Å². The number of nitrogens with zero attached hydrogens (tertiary/aromatic N) is 1. The Labute approximate surface area is 152 Å². The van der Waals surface area contributed by atoms with E-state index in [-0.39, 0.29) is 29.4 Å². The van der Waals surface area contributed by atoms with Gasteiger partial charge in [-0.25, -0.2) is 0 Å². The number of amides is 1. The average molecular weight is 367 g/mol. The van der Waals surface area contributed by atoms with Gasteiger partial charge in [-0.2, -0.15) is 0 Å². The number of hydrogen-bond acceptors (Lipinski definition) is 7. The SMILES string of the molecule is COCCOc1cc([N+](=O)[O-])c(C(=O)NCC2CCCNC2)cc1OC. The lowest BCUT2D eigenvalue weighted by Crippen LogP contribution is -2.38. The summed E-state index contributed by atoms with van der Waals surface area (Å²) in [7, 11) is 2.94. The van der Waals surface area contributed by atoms with E-state index in [1.165, 1.54) is 26.4 Å². The fourth-order valence-electron chi connectivity index (χ4n) is 2.82. The molecule has 1 amide bonds. The monoisotopic (exact) mass is 367 g/mol. The fourth-order valence-corrected chi connectivity index (χ4v) is 2.82. The highest BCUT2D eigenvalue weighted by Crippen LogP contribution is 2.34. The smallest absolute Gasteiger partial charge is 0.286 e. The van der Waals surface area contributed by atoms with E-state index < -0.39 is 10.8 Å². The summed E-state index contributed by atoms with van der Waals surface area (Å²) in [6.07, 6.45) is 2.08. The molecule has 2 N–H and O–H groups in total. The molecule has 9 nitrogen and oxygen atoms in total. The van der Waals surface area contributed by atoms with Crippen LogP contribution in [0.2, 0.25) is 0 Å². The van der Waals surface area contributed by atoms with Crippen molar-refractivity contribution < 1.29 is 23.9 Å². The summed E-state index contributed by atoms with van der Waals surface area (Å²) in [5, 5.41) is 17.5. The van der Waals surface area contributed by atoms with E-state index in [4.69, 9.17) is 14.2 Å². The first-order chi connectivity index (χ1) is 12.6. The summed E-state index contributed by atoms with van der Waals surface area (Å²) in [4.78, 5) is 23.3. The second-order valence-corrected chi connectivity index (χ2v) is 6.04. The predicted octanol–water partition coefficient (Wildman–Crippen LogP) is 1.36. The van der Waals surface area contributed by atoms with Gasteiger partial charge in [0.2, 0.25) is 0 Å². The van der Waals surface area contributed by atoms with E-state index in [1.807, 2.05) is 0 Å². The Hall–Kier alpha value is -2.39. The van der Waals surface area contributed by atoms with Crippen LogP contribution in [0.25, 0.3) is 0 Å². The minimum absolute atomic E-state index is 0.0466. The number of rotatable bonds is 9. The largest absolute Gasteiger partial charge is 0.493 e. The van der Waals surface area contributed by atoms with Crippen LogP contribution in [-0.4, -0.2) is 57.9 Å². The third-order valence-corrected chi connectivity index (χ3v) is 4.22. The van der Waals surface area contributed by atoms with Gasteiger partial charge in [0.05, 0.1) is 24.7 Å². The first-order valence-corrected chi connectivity index (χ1v) is 8.54. The molecule has 1 heterocycles. The standard InChI is InChI=1S/C17H25N3O6/c1-24-6-7-26-16-9-14(20(22)23)13(8-15(16)25-2)17(21)19-11-12-4-3-5-18-10-12/h8-9,12,18H,3-7,10-11H2,1-2H3,(H,19,21). The molecule has 1 aromatic rings. The highest BCUT2D eigenvalue weighted by Gasteiger charge is 2.25. The van der Waals surface area contributed by atoms with Crippen molar-refractivity contribution in [1.29, 1.82) is 0 Å². The zero-order valence-corrected chi connectivity index (χ0v) is 15.1. The number of benzene rings is 1. The molecule has 9 heteroatoms. The van der Waals surface area contributed by atoms with Crippen molar-refractivity contribution in [2.75, 3.05) is 47.1 Å². The van der Waals surface area contributed by atoms with Crippen molar-refractivity contribution in [2.24, 2.45) is 5.92 Å². The van der Waals surface area contributed by atoms with Crippen molar-refractivity contribution in [3.05, 3.63) is 27.8 Å². The Balaban J connectivity index is 2.16. The van der Waals surface area contributed by atoms with E-state index in [1.54, 1.807) is 0 Å². The highest BCUT2D eigenvalue weighted by molar-refractivity contribution is 5.99. The van der Waals surface area contributed by atoms with Crippen LogP contribution in [0.5, 0.6) is 11.5 Å². The van der Waals surface area contributed by atoms with Gasteiger partial charge in [-0.15, -0.1) is 0 Å². The Morgan fingerprint density at radius 2 is 2.15 bits per heavy atom. The van der Waals surface area contributed by atoms with Crippen LogP contribution in [0.1, 0.15) is 23.2 Å². The average Bonchev–Trinajstić information content (AvgIpc) is 2.66. The van der Waals surface area contributed by atoms with Gasteiger partial charge in [0.15, 0.2) is 11.5 Å². The molecule has 1 aliphatic rings. The van der Waals surface area contributed by atoms with Crippen LogP contribution in [0.15, 0.2) is 12.1 Å². The fraction of sp³-hybridized carbons (Fsp3) is 0.588. The summed E-state index contributed by atoms with van der Waals surface area (Å²) in [5.74, 6) is 0.287. The molecule has 0 spiro atoms. The molecule has 0 aromatic heterocycles. The molecule has 1 saturated heterocycles. The quantitative estimate of drug-likeness (QED) is 0.385. The summed E-state index contributed by atoms with van der Waals surface area (Å²) >= 11 is 0. The molecule has 26 heavy (non-hydrogen) atoms. The van der Waals surface area contributed by atoms with E-state index in [0.29, 0.717) is 19.1 Å². The number of nitro benzene ring substituents is 1. The Kier molecular flexibility index (Phi) is 7.61. The van der Waals surface area contributed by atoms with Crippen molar-refractivity contribution in [3.8, 4) is 11.5 Å². The normalized spacial score (nSPS) is 16.8. The third-order valence-electron chi connectivity index (χ3n) is 4.22. The number of carbonyl (C=O) groups is 1. The highest BCUT2D eigenvalue weighted by atomic mass is 16.6. The topological polar surface area (TPSA) is 112 Å². The van der Waals surface area contributed by atoms with Crippen molar-refractivity contribution >= 4 is 11.6 Å². The van der Waals surface area contributed by atoms with Crippen molar-refractivity contribution in [3.63, 3.8) is 0 Å². The zero-order valence-electron chi connectivity index (χ0n) is 15.1. The molecule has 0 aliphatic carbocycles. The zero-order chi connectivity index (χ0) is 18.9. The molecule has 144 valence electrons. The van der Waals surface area contributed by atoms with Gasteiger partial charge in [-0.3, -0.25) is 14.9 Å². The van der Waals surface area contributed by atoms with Gasteiger partial charge >= 0.3 is 0 Å². The van der Waals surface area contributed by atoms with Gasteiger partial charge < -0.3 is 24.8 Å². The van der Waals surface area contributed by atoms with E-state index in [0.717, 1.165) is 25.9 Å². The summed E-state index contributed by atoms with van der Waals surface area (Å²) < 4.78 is 15.6. The molecule has 0 radical (unpaired) electrons. The van der Waals surface area contributed by atoms with Crippen LogP contribution >= 0.6 is 0 Å². The number of nitro groups is 1. The molecule has 1 aliphatic heterocycles. The first-order valence-electron chi connectivity index (χ1n) is 8.54. The molecule has 1 atom stereocenters. The van der Waals surface area contributed by atoms with Gasteiger partial charge in [-0.05, 0) is 31.8 Å². The Morgan fingerprint density at radius 3 is 2.77 bits per heavy atom. The summed E-state index contributed by atoms with van der Waals surface area (Å²) in [6, 6.07) is 2.56. The molecular formula is C17H25N3O6. The molecule has 1 fully saturated rings. The number of ether oxygens (including phenoxy) is 3. The predicted molar refractivity (Wildman–Crippen MR) is 94.9 cm³/mol. The Morgan fingerprint density at radius 1 is 1.35 bits per heavy atom.